The Kier molecular flexibility index (Phi) is 41.2. The van der Waals surface area contributed by atoms with Crippen molar-refractivity contribution in [1.82, 2.24) is 63.8 Å². The number of carbonyl (C=O) groups is 16. The second-order valence-electron chi connectivity index (χ2n) is 28.1. The van der Waals surface area contributed by atoms with Crippen LogP contribution in [-0.2, 0) is 83.1 Å². The third-order valence-corrected chi connectivity index (χ3v) is 16.5. The number of carboxylic acids is 3. The molecule has 0 unspecified atom stereocenters. The maximum atomic E-state index is 14.4. The number of rotatable bonds is 49. The molecule has 0 spiro atoms. The van der Waals surface area contributed by atoms with Crippen molar-refractivity contribution in [3.63, 3.8) is 0 Å². The van der Waals surface area contributed by atoms with Crippen LogP contribution in [0.15, 0.2) is 29.3 Å². The minimum atomic E-state index is -2.03. The molecule has 38 heteroatoms. The number of aliphatic imine (C=N–C) groups is 1. The van der Waals surface area contributed by atoms with Gasteiger partial charge in [-0.3, -0.25) is 76.9 Å². The second-order valence-corrected chi connectivity index (χ2v) is 28.1. The van der Waals surface area contributed by atoms with Crippen LogP contribution in [0.3, 0.4) is 0 Å². The molecular formula is C68H113N17O21. The Morgan fingerprint density at radius 3 is 1.25 bits per heavy atom. The van der Waals surface area contributed by atoms with E-state index in [1.54, 1.807) is 62.3 Å². The van der Waals surface area contributed by atoms with Gasteiger partial charge in [-0.2, -0.15) is 0 Å². The molecule has 1 aromatic carbocycles. The summed E-state index contributed by atoms with van der Waals surface area (Å²) in [5.41, 5.74) is 22.4. The van der Waals surface area contributed by atoms with Crippen molar-refractivity contribution in [2.75, 3.05) is 13.2 Å². The lowest BCUT2D eigenvalue weighted by Gasteiger charge is -2.29. The number of carbonyl (C=O) groups excluding carboxylic acids is 13. The number of guanidine groups is 1. The number of benzene rings is 1. The van der Waals surface area contributed by atoms with Gasteiger partial charge in [0, 0.05) is 19.4 Å². The fraction of sp³-hybridized carbons (Fsp3) is 0.662. The first-order chi connectivity index (χ1) is 49.3. The number of nitrogens with two attached hydrogens (primary N) is 4. The van der Waals surface area contributed by atoms with E-state index < -0.39 is 230 Å². The van der Waals surface area contributed by atoms with Crippen molar-refractivity contribution in [2.24, 2.45) is 63.4 Å². The summed E-state index contributed by atoms with van der Waals surface area (Å²) in [6, 6.07) is -15.4. The first-order valence-corrected chi connectivity index (χ1v) is 35.1. The van der Waals surface area contributed by atoms with E-state index >= 15 is 0 Å². The minimum absolute atomic E-state index is 0.0253. The number of nitrogens with one attached hydrogen (secondary N) is 12. The van der Waals surface area contributed by atoms with Gasteiger partial charge < -0.3 is 112 Å². The van der Waals surface area contributed by atoms with E-state index in [2.05, 4.69) is 68.8 Å². The summed E-state index contributed by atoms with van der Waals surface area (Å²) in [5.74, 6) is -21.2. The molecule has 1 rings (SSSR count). The number of primary amides is 1. The number of phenols is 1. The molecule has 106 heavy (non-hydrogen) atoms. The van der Waals surface area contributed by atoms with Gasteiger partial charge in [-0.1, -0.05) is 102 Å². The normalized spacial score (nSPS) is 15.2. The Hall–Kier alpha value is -10.3. The van der Waals surface area contributed by atoms with Crippen LogP contribution < -0.4 is 86.7 Å². The number of aliphatic carboxylic acids is 3. The van der Waals surface area contributed by atoms with Crippen LogP contribution >= 0.6 is 0 Å². The van der Waals surface area contributed by atoms with Gasteiger partial charge in [0.05, 0.1) is 25.5 Å². The predicted octanol–water partition coefficient (Wildman–Crippen LogP) is -4.06. The second kappa shape index (κ2) is 46.5. The zero-order valence-electron chi connectivity index (χ0n) is 62.5. The number of nitrogens with zero attached hydrogens (tertiary/aromatic N) is 1. The molecule has 596 valence electrons. The molecular weight excluding hydrogens is 1390 g/mol. The zero-order valence-corrected chi connectivity index (χ0v) is 62.5. The molecule has 0 aliphatic rings. The highest BCUT2D eigenvalue weighted by Crippen LogP contribution is 2.17. The summed E-state index contributed by atoms with van der Waals surface area (Å²) in [4.78, 5) is 220. The Morgan fingerprint density at radius 1 is 0.425 bits per heavy atom. The van der Waals surface area contributed by atoms with Gasteiger partial charge in [-0.05, 0) is 98.7 Å². The molecule has 0 fully saturated rings. The third-order valence-electron chi connectivity index (χ3n) is 16.5. The highest BCUT2D eigenvalue weighted by molar-refractivity contribution is 6.01. The maximum Gasteiger partial charge on any atom is 0.326 e. The van der Waals surface area contributed by atoms with Gasteiger partial charge in [0.15, 0.2) is 5.96 Å². The third kappa shape index (κ3) is 35.0. The standard InChI is InChI=1S/C68H113N17O21/c1-14-36(12)54(66(104)81-47(29-51(91)92)62(100)78-44(26-33(6)7)58(96)76-42(67(105)106)16-15-23-73-68(71)72)85-57(95)41(21-22-49(70)88)75-63(101)48(30-86)82-60(98)45(27-38-17-19-39(87)20-18-38)79-61(99)46(28-50(89)90)80-59(97)43(25-32(4)5)77-55(93)37(13)74-64(102)52(34(8)9)84-65(103)53(35(10)11)83-56(94)40(69)24-31(2)3/h17-20,31-37,40-48,52-54,86-87H,14-16,21-30,69H2,1-13H3,(H2,70,88)(H,74,102)(H,75,101)(H,76,96)(H,77,93)(H,78,100)(H,79,99)(H,80,97)(H,81,104)(H,82,98)(H,83,94)(H,84,103)(H,85,95)(H,89,90)(H,91,92)(H,105,106)(H4,71,72,73)/t36-,37-,40-,41-,42-,43-,44-,45-,46-,47-,48-,52-,53-,54-/m0/s1. The predicted molar refractivity (Wildman–Crippen MR) is 384 cm³/mol. The van der Waals surface area contributed by atoms with E-state index in [-0.39, 0.29) is 73.7 Å². The van der Waals surface area contributed by atoms with Crippen molar-refractivity contribution in [3.8, 4) is 5.75 Å². The molecule has 0 saturated heterocycles. The van der Waals surface area contributed by atoms with Crippen LogP contribution in [0.4, 0.5) is 0 Å². The van der Waals surface area contributed by atoms with Gasteiger partial charge in [-0.25, -0.2) is 4.79 Å². The van der Waals surface area contributed by atoms with E-state index in [0.29, 0.717) is 6.42 Å². The average molecular weight is 1500 g/mol. The number of phenolic OH excluding ortho intramolecular Hbond substituents is 1. The van der Waals surface area contributed by atoms with Gasteiger partial charge >= 0.3 is 17.9 Å². The Balaban J connectivity index is 3.62. The first-order valence-electron chi connectivity index (χ1n) is 35.1. The number of amides is 13. The lowest BCUT2D eigenvalue weighted by atomic mass is 9.96. The van der Waals surface area contributed by atoms with Gasteiger partial charge in [0.1, 0.15) is 78.3 Å². The number of hydrogen-bond donors (Lipinski definition) is 21. The Bertz CT molecular complexity index is 3220. The van der Waals surface area contributed by atoms with E-state index in [4.69, 9.17) is 22.9 Å². The van der Waals surface area contributed by atoms with Gasteiger partial charge in [0.2, 0.25) is 76.8 Å². The number of aromatic hydroxyl groups is 1. The van der Waals surface area contributed by atoms with Crippen molar-refractivity contribution >= 4 is 101 Å². The van der Waals surface area contributed by atoms with Crippen LogP contribution in [0, 0.1) is 35.5 Å². The largest absolute Gasteiger partial charge is 0.508 e. The zero-order chi connectivity index (χ0) is 81.2. The number of carboxylic acid groups (broad SMARTS) is 3. The summed E-state index contributed by atoms with van der Waals surface area (Å²) in [5, 5.41) is 79.3. The topological polar surface area (TPSA) is 635 Å². The summed E-state index contributed by atoms with van der Waals surface area (Å²) in [6.07, 6.45) is -3.71. The van der Waals surface area contributed by atoms with E-state index in [1.807, 2.05) is 13.8 Å². The summed E-state index contributed by atoms with van der Waals surface area (Å²) >= 11 is 0. The Labute approximate surface area is 615 Å². The molecule has 0 bridgehead atoms. The molecule has 0 aliphatic carbocycles. The number of aliphatic hydroxyl groups excluding tert-OH is 1. The molecule has 0 heterocycles. The molecule has 14 atom stereocenters. The lowest BCUT2D eigenvalue weighted by molar-refractivity contribution is -0.143. The highest BCUT2D eigenvalue weighted by Gasteiger charge is 2.39. The van der Waals surface area contributed by atoms with Crippen LogP contribution in [0.1, 0.15) is 160 Å². The molecule has 0 aromatic heterocycles. The van der Waals surface area contributed by atoms with Gasteiger partial charge in [0.25, 0.3) is 0 Å². The summed E-state index contributed by atoms with van der Waals surface area (Å²) < 4.78 is 0. The molecule has 1 aromatic rings. The molecule has 0 aliphatic heterocycles. The molecule has 13 amide bonds. The first kappa shape index (κ1) is 93.7. The quantitative estimate of drug-likeness (QED) is 0.0168. The minimum Gasteiger partial charge on any atom is -0.508 e. The molecule has 38 nitrogen and oxygen atoms in total. The SMILES string of the molecule is CC[C@H](C)[C@H](NC(=O)[C@H](CCC(N)=O)NC(=O)[C@H](CO)NC(=O)[C@H](Cc1ccc(O)cc1)NC(=O)[C@H](CC(=O)O)NC(=O)[C@H](CC(C)C)NC(=O)[C@H](C)NC(=O)[C@@H](NC(=O)[C@@H](NC(=O)[C@@H](N)CC(C)C)C(C)C)C(C)C)C(=O)N[C@@H](CC(=O)O)C(=O)N[C@@H](CC(C)C)C(=O)N[C@@H](CCCN=C(N)N)C(=O)O. The van der Waals surface area contributed by atoms with Gasteiger partial charge in [-0.15, -0.1) is 0 Å². The van der Waals surface area contributed by atoms with E-state index in [9.17, 15) is 102 Å². The molecule has 25 N–H and O–H groups in total. The lowest BCUT2D eigenvalue weighted by Crippen LogP contribution is -2.62. The van der Waals surface area contributed by atoms with Crippen molar-refractivity contribution < 1.29 is 102 Å². The van der Waals surface area contributed by atoms with Crippen LogP contribution in [0.5, 0.6) is 5.75 Å². The van der Waals surface area contributed by atoms with Crippen molar-refractivity contribution in [2.45, 2.75) is 239 Å². The van der Waals surface area contributed by atoms with Crippen molar-refractivity contribution in [3.05, 3.63) is 29.8 Å². The van der Waals surface area contributed by atoms with Crippen LogP contribution in [-0.4, -0.2) is 218 Å². The summed E-state index contributed by atoms with van der Waals surface area (Å²) in [7, 11) is 0. The summed E-state index contributed by atoms with van der Waals surface area (Å²) in [6.45, 7) is 20.2. The fourth-order valence-corrected chi connectivity index (χ4v) is 10.5. The van der Waals surface area contributed by atoms with Crippen LogP contribution in [0.2, 0.25) is 0 Å². The number of aliphatic hydroxyl groups is 1. The smallest absolute Gasteiger partial charge is 0.326 e. The van der Waals surface area contributed by atoms with Crippen molar-refractivity contribution in [1.29, 1.82) is 0 Å². The van der Waals surface area contributed by atoms with E-state index in [0.717, 1.165) is 0 Å². The monoisotopic (exact) mass is 1500 g/mol. The molecule has 0 radical (unpaired) electrons. The fourth-order valence-electron chi connectivity index (χ4n) is 10.5. The number of hydrogen-bond acceptors (Lipinski definition) is 20. The highest BCUT2D eigenvalue weighted by atomic mass is 16.4. The molecule has 0 saturated carbocycles. The average Bonchev–Trinajstić information content (AvgIpc) is 0.854. The Morgan fingerprint density at radius 2 is 0.802 bits per heavy atom. The van der Waals surface area contributed by atoms with E-state index in [1.165, 1.54) is 38.1 Å². The van der Waals surface area contributed by atoms with Crippen LogP contribution in [0.25, 0.3) is 0 Å². The maximum absolute atomic E-state index is 14.4.